The van der Waals surface area contributed by atoms with Crippen molar-refractivity contribution >= 4 is 27.5 Å². The van der Waals surface area contributed by atoms with Gasteiger partial charge in [0.25, 0.3) is 10.0 Å². The summed E-state index contributed by atoms with van der Waals surface area (Å²) in [5.74, 6) is -1.59. The minimum Gasteiger partial charge on any atom is -0.352 e. The minimum absolute atomic E-state index is 0.0303. The largest absolute Gasteiger partial charge is 0.352 e. The maximum Gasteiger partial charge on any atom is 0.264 e. The molecule has 0 aliphatic carbocycles. The smallest absolute Gasteiger partial charge is 0.264 e. The maximum atomic E-state index is 14.6. The molecular weight excluding hydrogens is 505 g/mol. The molecule has 0 unspecified atom stereocenters. The highest BCUT2D eigenvalue weighted by Gasteiger charge is 2.33. The maximum absolute atomic E-state index is 14.6. The van der Waals surface area contributed by atoms with Gasteiger partial charge in [-0.05, 0) is 65.0 Å². The predicted molar refractivity (Wildman–Crippen MR) is 147 cm³/mol. The zero-order valence-corrected chi connectivity index (χ0v) is 23.1. The van der Waals surface area contributed by atoms with Crippen LogP contribution in [0.4, 0.5) is 10.1 Å². The SMILES string of the molecule is Cc1ccc(N(CC(=O)N(Cc2ccccc2F)[C@@H](C)C(=O)NC(C)C)S(=O)(=O)c2ccc(C)cc2)cc1. The summed E-state index contributed by atoms with van der Waals surface area (Å²) in [5, 5.41) is 2.77. The van der Waals surface area contributed by atoms with Gasteiger partial charge in [-0.2, -0.15) is 0 Å². The molecule has 1 N–H and O–H groups in total. The molecular formula is C29H34FN3O4S. The van der Waals surface area contributed by atoms with Crippen LogP contribution in [0.5, 0.6) is 0 Å². The zero-order chi connectivity index (χ0) is 28.0. The molecule has 0 fully saturated rings. The summed E-state index contributed by atoms with van der Waals surface area (Å²) in [6.45, 7) is 8.07. The van der Waals surface area contributed by atoms with Crippen LogP contribution in [0, 0.1) is 19.7 Å². The Morgan fingerprint density at radius 3 is 1.97 bits per heavy atom. The van der Waals surface area contributed by atoms with Crippen molar-refractivity contribution in [3.8, 4) is 0 Å². The second-order valence-corrected chi connectivity index (χ2v) is 11.5. The lowest BCUT2D eigenvalue weighted by atomic mass is 10.1. The molecule has 1 atom stereocenters. The van der Waals surface area contributed by atoms with Gasteiger partial charge in [0.15, 0.2) is 0 Å². The van der Waals surface area contributed by atoms with E-state index in [4.69, 9.17) is 0 Å². The molecule has 38 heavy (non-hydrogen) atoms. The highest BCUT2D eigenvalue weighted by atomic mass is 32.2. The van der Waals surface area contributed by atoms with E-state index in [2.05, 4.69) is 5.32 Å². The van der Waals surface area contributed by atoms with Crippen LogP contribution in [0.15, 0.2) is 77.7 Å². The van der Waals surface area contributed by atoms with E-state index < -0.39 is 40.2 Å². The average molecular weight is 540 g/mol. The molecule has 0 spiro atoms. The molecule has 0 aliphatic rings. The predicted octanol–water partition coefficient (Wildman–Crippen LogP) is 4.58. The van der Waals surface area contributed by atoms with Gasteiger partial charge in [0, 0.05) is 18.2 Å². The van der Waals surface area contributed by atoms with Gasteiger partial charge in [-0.3, -0.25) is 13.9 Å². The van der Waals surface area contributed by atoms with E-state index in [-0.39, 0.29) is 23.0 Å². The van der Waals surface area contributed by atoms with E-state index in [1.54, 1.807) is 63.2 Å². The first kappa shape index (κ1) is 28.8. The van der Waals surface area contributed by atoms with E-state index in [0.717, 1.165) is 15.4 Å². The number of anilines is 1. The van der Waals surface area contributed by atoms with Gasteiger partial charge >= 0.3 is 0 Å². The lowest BCUT2D eigenvalue weighted by molar-refractivity contribution is -0.139. The lowest BCUT2D eigenvalue weighted by Gasteiger charge is -2.32. The van der Waals surface area contributed by atoms with Crippen molar-refractivity contribution in [2.75, 3.05) is 10.8 Å². The number of hydrogen-bond acceptors (Lipinski definition) is 4. The van der Waals surface area contributed by atoms with E-state index in [1.807, 2.05) is 13.8 Å². The fraction of sp³-hybridized carbons (Fsp3) is 0.310. The van der Waals surface area contributed by atoms with E-state index in [9.17, 15) is 22.4 Å². The highest BCUT2D eigenvalue weighted by molar-refractivity contribution is 7.92. The number of nitrogens with zero attached hydrogens (tertiary/aromatic N) is 2. The third-order valence-electron chi connectivity index (χ3n) is 6.11. The van der Waals surface area contributed by atoms with E-state index >= 15 is 0 Å². The fourth-order valence-electron chi connectivity index (χ4n) is 3.88. The van der Waals surface area contributed by atoms with Gasteiger partial charge in [-0.15, -0.1) is 0 Å². The molecule has 202 valence electrons. The summed E-state index contributed by atoms with van der Waals surface area (Å²) in [7, 11) is -4.15. The molecule has 3 aromatic rings. The zero-order valence-electron chi connectivity index (χ0n) is 22.3. The van der Waals surface area contributed by atoms with Gasteiger partial charge in [0.2, 0.25) is 11.8 Å². The van der Waals surface area contributed by atoms with Gasteiger partial charge in [-0.1, -0.05) is 53.6 Å². The number of carbonyl (C=O) groups excluding carboxylic acids is 2. The number of sulfonamides is 1. The molecule has 0 saturated heterocycles. The normalized spacial score (nSPS) is 12.2. The molecule has 3 rings (SSSR count). The van der Waals surface area contributed by atoms with Crippen molar-refractivity contribution < 1.29 is 22.4 Å². The minimum atomic E-state index is -4.15. The monoisotopic (exact) mass is 539 g/mol. The number of carbonyl (C=O) groups is 2. The van der Waals surface area contributed by atoms with Crippen LogP contribution in [0.3, 0.4) is 0 Å². The van der Waals surface area contributed by atoms with Gasteiger partial charge < -0.3 is 10.2 Å². The van der Waals surface area contributed by atoms with Crippen molar-refractivity contribution in [2.45, 2.75) is 58.1 Å². The third kappa shape index (κ3) is 6.98. The molecule has 0 aromatic heterocycles. The second kappa shape index (κ2) is 12.2. The number of amides is 2. The average Bonchev–Trinajstić information content (AvgIpc) is 2.86. The number of halogens is 1. The van der Waals surface area contributed by atoms with Crippen LogP contribution < -0.4 is 9.62 Å². The summed E-state index contributed by atoms with van der Waals surface area (Å²) in [6, 6.07) is 17.9. The Morgan fingerprint density at radius 2 is 1.42 bits per heavy atom. The Labute approximate surface area is 224 Å². The molecule has 0 bridgehead atoms. The summed E-state index contributed by atoms with van der Waals surface area (Å²) in [6.07, 6.45) is 0. The van der Waals surface area contributed by atoms with Gasteiger partial charge in [-0.25, -0.2) is 12.8 Å². The third-order valence-corrected chi connectivity index (χ3v) is 7.89. The van der Waals surface area contributed by atoms with Crippen LogP contribution in [0.2, 0.25) is 0 Å². The molecule has 3 aromatic carbocycles. The lowest BCUT2D eigenvalue weighted by Crippen LogP contribution is -2.52. The number of nitrogens with one attached hydrogen (secondary N) is 1. The van der Waals surface area contributed by atoms with E-state index in [0.29, 0.717) is 5.69 Å². The van der Waals surface area contributed by atoms with Crippen LogP contribution in [-0.4, -0.2) is 43.8 Å². The summed E-state index contributed by atoms with van der Waals surface area (Å²) in [4.78, 5) is 27.9. The Hall–Kier alpha value is -3.72. The van der Waals surface area contributed by atoms with Crippen molar-refractivity contribution in [3.05, 3.63) is 95.3 Å². The van der Waals surface area contributed by atoms with Crippen LogP contribution >= 0.6 is 0 Å². The molecule has 7 nitrogen and oxygen atoms in total. The Balaban J connectivity index is 2.03. The first-order chi connectivity index (χ1) is 17.9. The van der Waals surface area contributed by atoms with Crippen LogP contribution in [-0.2, 0) is 26.2 Å². The van der Waals surface area contributed by atoms with Gasteiger partial charge in [0.05, 0.1) is 10.6 Å². The Bertz CT molecular complexity index is 1370. The first-order valence-corrected chi connectivity index (χ1v) is 13.8. The second-order valence-electron chi connectivity index (χ2n) is 9.61. The number of aryl methyl sites for hydroxylation is 2. The molecule has 0 saturated carbocycles. The Kier molecular flexibility index (Phi) is 9.27. The van der Waals surface area contributed by atoms with Crippen LogP contribution in [0.1, 0.15) is 37.5 Å². The van der Waals surface area contributed by atoms with Crippen LogP contribution in [0.25, 0.3) is 0 Å². The van der Waals surface area contributed by atoms with Gasteiger partial charge in [0.1, 0.15) is 18.4 Å². The topological polar surface area (TPSA) is 86.8 Å². The summed E-state index contributed by atoms with van der Waals surface area (Å²) in [5.41, 5.74) is 2.33. The molecule has 9 heteroatoms. The molecule has 0 heterocycles. The van der Waals surface area contributed by atoms with E-state index in [1.165, 1.54) is 35.2 Å². The summed E-state index contributed by atoms with van der Waals surface area (Å²) >= 11 is 0. The first-order valence-electron chi connectivity index (χ1n) is 12.4. The summed E-state index contributed by atoms with van der Waals surface area (Å²) < 4.78 is 43.1. The molecule has 0 aliphatic heterocycles. The number of hydrogen-bond donors (Lipinski definition) is 1. The fourth-order valence-corrected chi connectivity index (χ4v) is 5.29. The quantitative estimate of drug-likeness (QED) is 0.409. The molecule has 2 amide bonds. The number of rotatable bonds is 10. The highest BCUT2D eigenvalue weighted by Crippen LogP contribution is 2.25. The van der Waals surface area contributed by atoms with Crippen molar-refractivity contribution in [3.63, 3.8) is 0 Å². The van der Waals surface area contributed by atoms with Crippen molar-refractivity contribution in [1.82, 2.24) is 10.2 Å². The standard InChI is InChI=1S/C29H34FN3O4S/c1-20(2)31-29(35)23(5)32(18-24-8-6-7-9-27(24)30)28(34)19-33(25-14-10-21(3)11-15-25)38(36,37)26-16-12-22(4)13-17-26/h6-17,20,23H,18-19H2,1-5H3,(H,31,35)/t23-/m0/s1. The molecule has 0 radical (unpaired) electrons. The van der Waals surface area contributed by atoms with Crippen molar-refractivity contribution in [2.24, 2.45) is 0 Å². The van der Waals surface area contributed by atoms with Crippen molar-refractivity contribution in [1.29, 1.82) is 0 Å². The number of benzene rings is 3. The Morgan fingerprint density at radius 1 is 0.868 bits per heavy atom.